The number of unbranched alkanes of at least 4 members (excludes halogenated alkanes) is 43. The largest absolute Gasteiger partial charge is 0.394 e. The molecule has 0 radical (unpaired) electrons. The lowest BCUT2D eigenvalue weighted by atomic mass is 9.97. The van der Waals surface area contributed by atoms with Crippen molar-refractivity contribution in [3.05, 3.63) is 48.6 Å². The van der Waals surface area contributed by atoms with Gasteiger partial charge in [-0.25, -0.2) is 0 Å². The molecule has 0 bridgehead atoms. The maximum atomic E-state index is 13.3. The molecule has 2 fully saturated rings. The quantitative estimate of drug-likeness (QED) is 0.0204. The van der Waals surface area contributed by atoms with E-state index in [9.17, 15) is 45.6 Å². The summed E-state index contributed by atoms with van der Waals surface area (Å²) in [4.78, 5) is 13.3. The maximum Gasteiger partial charge on any atom is 0.220 e. The van der Waals surface area contributed by atoms with Crippen LogP contribution in [0.5, 0.6) is 0 Å². The average molecular weight is 1260 g/mol. The van der Waals surface area contributed by atoms with E-state index in [1.165, 1.54) is 250 Å². The standard InChI is InChI=1S/C75H139NO13/c1-3-5-7-9-11-13-15-17-19-21-23-25-27-29-30-31-32-33-34-35-37-39-41-43-45-47-49-51-53-55-57-59-67(80)76-63(62-86-74-72(85)70(83)73(66(61-78)88-74)89-75-71(84)69(82)68(81)65(60-77)87-75)64(79)58-56-54-52-50-48-46-44-42-40-38-36-28-26-24-22-20-18-16-14-12-10-8-6-4-2/h21,23,40,42,48,50,56,58,63-66,68-75,77-79,81-85H,3-20,22,24-39,41,43-47,49,51-55,57,59-62H2,1-2H3,(H,76,80)/b23-21-,42-40+,50-48+,58-56+. The first-order valence-corrected chi connectivity index (χ1v) is 37.4. The Hall–Kier alpha value is -2.05. The lowest BCUT2D eigenvalue weighted by Gasteiger charge is -2.46. The number of aliphatic hydroxyl groups is 8. The van der Waals surface area contributed by atoms with E-state index in [4.69, 9.17) is 18.9 Å². The van der Waals surface area contributed by atoms with Crippen molar-refractivity contribution in [1.82, 2.24) is 5.32 Å². The van der Waals surface area contributed by atoms with Crippen LogP contribution >= 0.6 is 0 Å². The van der Waals surface area contributed by atoms with E-state index in [0.29, 0.717) is 12.8 Å². The van der Waals surface area contributed by atoms with Crippen molar-refractivity contribution in [2.45, 2.75) is 402 Å². The third-order valence-electron chi connectivity index (χ3n) is 18.2. The minimum absolute atomic E-state index is 0.248. The SMILES string of the molecule is CCCCCCCCCC/C=C\CCCCCCCCCCCCCCCCCCCCCC(=O)NC(COC1OC(CO)C(OC2OC(CO)C(O)C(O)C2O)C(O)C1O)C(O)/C=C/CC/C=C/CC/C=C/CCCCCCCCCCCCCCCC. The molecule has 0 aromatic heterocycles. The van der Waals surface area contributed by atoms with E-state index in [1.807, 2.05) is 6.08 Å². The second kappa shape index (κ2) is 59.7. The van der Waals surface area contributed by atoms with E-state index >= 15 is 0 Å². The summed E-state index contributed by atoms with van der Waals surface area (Å²) in [7, 11) is 0. The van der Waals surface area contributed by atoms with Gasteiger partial charge in [-0.3, -0.25) is 4.79 Å². The third kappa shape index (κ3) is 43.5. The molecule has 14 nitrogen and oxygen atoms in total. The highest BCUT2D eigenvalue weighted by molar-refractivity contribution is 5.76. The number of aliphatic hydroxyl groups excluding tert-OH is 8. The van der Waals surface area contributed by atoms with Crippen LogP contribution in [0, 0.1) is 0 Å². The zero-order valence-corrected chi connectivity index (χ0v) is 56.9. The van der Waals surface area contributed by atoms with Crippen molar-refractivity contribution in [3.8, 4) is 0 Å². The van der Waals surface area contributed by atoms with Crippen LogP contribution in [0.25, 0.3) is 0 Å². The summed E-state index contributed by atoms with van der Waals surface area (Å²) >= 11 is 0. The number of ether oxygens (including phenoxy) is 4. The predicted octanol–water partition coefficient (Wildman–Crippen LogP) is 15.9. The summed E-state index contributed by atoms with van der Waals surface area (Å²) < 4.78 is 22.9. The Morgan fingerprint density at radius 1 is 0.393 bits per heavy atom. The van der Waals surface area contributed by atoms with Crippen molar-refractivity contribution in [3.63, 3.8) is 0 Å². The lowest BCUT2D eigenvalue weighted by molar-refractivity contribution is -0.359. The molecule has 89 heavy (non-hydrogen) atoms. The van der Waals surface area contributed by atoms with Crippen molar-refractivity contribution in [2.75, 3.05) is 19.8 Å². The Labute approximate surface area is 543 Å². The molecule has 2 aliphatic rings. The Morgan fingerprint density at radius 3 is 1.10 bits per heavy atom. The Morgan fingerprint density at radius 2 is 0.719 bits per heavy atom. The van der Waals surface area contributed by atoms with Gasteiger partial charge in [0.05, 0.1) is 32.0 Å². The second-order valence-electron chi connectivity index (χ2n) is 26.4. The Balaban J connectivity index is 1.66. The number of amides is 1. The number of nitrogens with one attached hydrogen (secondary N) is 1. The second-order valence-corrected chi connectivity index (χ2v) is 26.4. The molecular formula is C75H139NO13. The number of carbonyl (C=O) groups excluding carboxylic acids is 1. The minimum Gasteiger partial charge on any atom is -0.394 e. The van der Waals surface area contributed by atoms with Gasteiger partial charge in [0, 0.05) is 6.42 Å². The summed E-state index contributed by atoms with van der Waals surface area (Å²) in [6.45, 7) is 2.82. The van der Waals surface area contributed by atoms with Gasteiger partial charge in [0.15, 0.2) is 12.6 Å². The topological polar surface area (TPSA) is 228 Å². The average Bonchev–Trinajstić information content (AvgIpc) is 2.53. The zero-order valence-electron chi connectivity index (χ0n) is 56.9. The van der Waals surface area contributed by atoms with Gasteiger partial charge < -0.3 is 65.1 Å². The Kier molecular flexibility index (Phi) is 55.7. The molecule has 0 spiro atoms. The molecule has 14 heteroatoms. The molecule has 1 amide bonds. The monoisotopic (exact) mass is 1260 g/mol. The summed E-state index contributed by atoms with van der Waals surface area (Å²) in [6.07, 6.45) is 61.8. The highest BCUT2D eigenvalue weighted by atomic mass is 16.7. The van der Waals surface area contributed by atoms with Crippen molar-refractivity contribution >= 4 is 5.91 Å². The summed E-state index contributed by atoms with van der Waals surface area (Å²) in [6, 6.07) is -0.939. The van der Waals surface area contributed by atoms with Crippen LogP contribution < -0.4 is 5.32 Å². The molecule has 0 aromatic carbocycles. The molecule has 0 aromatic rings. The molecule has 2 aliphatic heterocycles. The smallest absolute Gasteiger partial charge is 0.220 e. The van der Waals surface area contributed by atoms with Crippen LogP contribution in [0.3, 0.4) is 0 Å². The van der Waals surface area contributed by atoms with E-state index in [-0.39, 0.29) is 18.9 Å². The molecule has 9 N–H and O–H groups in total. The third-order valence-corrected chi connectivity index (χ3v) is 18.2. The van der Waals surface area contributed by atoms with Crippen LogP contribution in [-0.4, -0.2) is 140 Å². The summed E-state index contributed by atoms with van der Waals surface area (Å²) in [5.74, 6) is -0.248. The lowest BCUT2D eigenvalue weighted by Crippen LogP contribution is -2.65. The number of allylic oxidation sites excluding steroid dienone is 7. The summed E-state index contributed by atoms with van der Waals surface area (Å²) in [5, 5.41) is 87.5. The zero-order chi connectivity index (χ0) is 64.5. The molecule has 522 valence electrons. The highest BCUT2D eigenvalue weighted by Gasteiger charge is 2.51. The highest BCUT2D eigenvalue weighted by Crippen LogP contribution is 2.30. The van der Waals surface area contributed by atoms with Crippen LogP contribution in [0.1, 0.15) is 328 Å². The van der Waals surface area contributed by atoms with E-state index in [2.05, 4.69) is 55.6 Å². The fourth-order valence-electron chi connectivity index (χ4n) is 12.3. The van der Waals surface area contributed by atoms with Crippen LogP contribution in [-0.2, 0) is 23.7 Å². The van der Waals surface area contributed by atoms with Gasteiger partial charge in [-0.1, -0.05) is 300 Å². The fourth-order valence-corrected chi connectivity index (χ4v) is 12.3. The molecule has 0 aliphatic carbocycles. The first-order chi connectivity index (χ1) is 43.6. The maximum absolute atomic E-state index is 13.3. The molecule has 12 atom stereocenters. The predicted molar refractivity (Wildman–Crippen MR) is 364 cm³/mol. The van der Waals surface area contributed by atoms with Gasteiger partial charge in [-0.2, -0.15) is 0 Å². The molecule has 2 rings (SSSR count). The van der Waals surface area contributed by atoms with Gasteiger partial charge in [0.25, 0.3) is 0 Å². The fraction of sp³-hybridized carbons (Fsp3) is 0.880. The molecule has 2 heterocycles. The van der Waals surface area contributed by atoms with Gasteiger partial charge in [-0.05, 0) is 70.6 Å². The van der Waals surface area contributed by atoms with Crippen LogP contribution in [0.15, 0.2) is 48.6 Å². The number of hydrogen-bond acceptors (Lipinski definition) is 13. The van der Waals surface area contributed by atoms with Crippen molar-refractivity contribution < 1.29 is 64.6 Å². The molecule has 0 saturated carbocycles. The molecule has 12 unspecified atom stereocenters. The minimum atomic E-state index is -1.79. The van der Waals surface area contributed by atoms with E-state index in [1.54, 1.807) is 6.08 Å². The van der Waals surface area contributed by atoms with Gasteiger partial charge >= 0.3 is 0 Å². The molecule has 2 saturated heterocycles. The first-order valence-electron chi connectivity index (χ1n) is 37.4. The Bertz CT molecular complexity index is 1680. The van der Waals surface area contributed by atoms with Crippen LogP contribution in [0.4, 0.5) is 0 Å². The van der Waals surface area contributed by atoms with Crippen molar-refractivity contribution in [2.24, 2.45) is 0 Å². The van der Waals surface area contributed by atoms with E-state index < -0.39 is 86.8 Å². The first kappa shape index (κ1) is 83.0. The number of rotatable bonds is 62. The molecular weight excluding hydrogens is 1120 g/mol. The van der Waals surface area contributed by atoms with Gasteiger partial charge in [-0.15, -0.1) is 0 Å². The van der Waals surface area contributed by atoms with Gasteiger partial charge in [0.1, 0.15) is 48.8 Å². The number of hydrogen-bond donors (Lipinski definition) is 9. The van der Waals surface area contributed by atoms with Crippen LogP contribution in [0.2, 0.25) is 0 Å². The van der Waals surface area contributed by atoms with E-state index in [0.717, 1.165) is 44.9 Å². The number of carbonyl (C=O) groups is 1. The van der Waals surface area contributed by atoms with Crippen molar-refractivity contribution in [1.29, 1.82) is 0 Å². The normalized spacial score (nSPS) is 23.3. The summed E-state index contributed by atoms with van der Waals surface area (Å²) in [5.41, 5.74) is 0. The van der Waals surface area contributed by atoms with Gasteiger partial charge in [0.2, 0.25) is 5.91 Å².